The normalized spacial score (nSPS) is 20.3. The van der Waals surface area contributed by atoms with Gasteiger partial charge in [0.25, 0.3) is 5.91 Å². The van der Waals surface area contributed by atoms with Crippen molar-refractivity contribution in [2.24, 2.45) is 0 Å². The number of halogens is 2. The summed E-state index contributed by atoms with van der Waals surface area (Å²) in [5.74, 6) is 0.111. The Balaban J connectivity index is 1.60. The highest BCUT2D eigenvalue weighted by molar-refractivity contribution is 7.89. The van der Waals surface area contributed by atoms with E-state index in [1.807, 2.05) is 0 Å². The Hall–Kier alpha value is -0.860. The smallest absolute Gasteiger partial charge is 0.277 e. The SMILES string of the molecule is O=C(C[NH+]1CCCCC1)N1CCN(S(=O)(=O)c2cc(Cl)ccc2Cl)CC1. The number of benzene rings is 1. The van der Waals surface area contributed by atoms with Crippen LogP contribution in [0, 0.1) is 0 Å². The number of quaternary nitrogens is 1. The number of carbonyl (C=O) groups excluding carboxylic acids is 1. The largest absolute Gasteiger partial charge is 0.335 e. The molecule has 0 aromatic heterocycles. The van der Waals surface area contributed by atoms with Gasteiger partial charge in [-0.15, -0.1) is 0 Å². The molecule has 0 bridgehead atoms. The van der Waals surface area contributed by atoms with Crippen LogP contribution in [0.15, 0.2) is 23.1 Å². The number of carbonyl (C=O) groups is 1. The Morgan fingerprint density at radius 3 is 2.35 bits per heavy atom. The van der Waals surface area contributed by atoms with E-state index in [0.29, 0.717) is 24.7 Å². The number of hydrogen-bond acceptors (Lipinski definition) is 3. The molecular formula is C17H24Cl2N3O3S+. The Bertz CT molecular complexity index is 759. The van der Waals surface area contributed by atoms with Gasteiger partial charge >= 0.3 is 0 Å². The predicted octanol–water partition coefficient (Wildman–Crippen LogP) is 0.895. The molecular weight excluding hydrogens is 397 g/mol. The highest BCUT2D eigenvalue weighted by atomic mass is 35.5. The molecule has 0 radical (unpaired) electrons. The first-order valence-corrected chi connectivity index (χ1v) is 11.1. The zero-order valence-electron chi connectivity index (χ0n) is 14.6. The molecule has 0 atom stereocenters. The molecule has 9 heteroatoms. The minimum atomic E-state index is -3.72. The molecule has 1 amide bonds. The van der Waals surface area contributed by atoms with Gasteiger partial charge in [-0.25, -0.2) is 8.42 Å². The summed E-state index contributed by atoms with van der Waals surface area (Å²) in [6.45, 7) is 3.96. The van der Waals surface area contributed by atoms with Gasteiger partial charge in [0, 0.05) is 31.2 Å². The van der Waals surface area contributed by atoms with Crippen LogP contribution in [0.1, 0.15) is 19.3 Å². The zero-order chi connectivity index (χ0) is 18.7. The average molecular weight is 421 g/mol. The monoisotopic (exact) mass is 420 g/mol. The Morgan fingerprint density at radius 1 is 1.04 bits per heavy atom. The summed E-state index contributed by atoms with van der Waals surface area (Å²) < 4.78 is 27.0. The third-order valence-corrected chi connectivity index (χ3v) is 7.68. The second-order valence-electron chi connectivity index (χ2n) is 6.85. The van der Waals surface area contributed by atoms with Crippen LogP contribution in [0.3, 0.4) is 0 Å². The van der Waals surface area contributed by atoms with Crippen molar-refractivity contribution in [3.05, 3.63) is 28.2 Å². The van der Waals surface area contributed by atoms with Gasteiger partial charge in [-0.3, -0.25) is 4.79 Å². The first-order chi connectivity index (χ1) is 12.4. The molecule has 0 saturated carbocycles. The third-order valence-electron chi connectivity index (χ3n) is 5.06. The average Bonchev–Trinajstić information content (AvgIpc) is 2.64. The van der Waals surface area contributed by atoms with Gasteiger partial charge in [0.05, 0.1) is 18.1 Å². The predicted molar refractivity (Wildman–Crippen MR) is 101 cm³/mol. The van der Waals surface area contributed by atoms with E-state index in [9.17, 15) is 13.2 Å². The second kappa shape index (κ2) is 8.44. The summed E-state index contributed by atoms with van der Waals surface area (Å²) in [4.78, 5) is 15.6. The van der Waals surface area contributed by atoms with E-state index in [4.69, 9.17) is 23.2 Å². The summed E-state index contributed by atoms with van der Waals surface area (Å²) in [7, 11) is -3.72. The van der Waals surface area contributed by atoms with Gasteiger partial charge < -0.3 is 9.80 Å². The van der Waals surface area contributed by atoms with Gasteiger partial charge in [0.2, 0.25) is 10.0 Å². The number of sulfonamides is 1. The van der Waals surface area contributed by atoms with Crippen LogP contribution >= 0.6 is 23.2 Å². The maximum Gasteiger partial charge on any atom is 0.277 e. The Morgan fingerprint density at radius 2 is 1.69 bits per heavy atom. The van der Waals surface area contributed by atoms with Gasteiger partial charge in [-0.2, -0.15) is 4.31 Å². The maximum atomic E-state index is 12.8. The molecule has 1 aromatic carbocycles. The van der Waals surface area contributed by atoms with Crippen LogP contribution < -0.4 is 4.90 Å². The number of nitrogens with one attached hydrogen (secondary N) is 1. The van der Waals surface area contributed by atoms with Crippen molar-refractivity contribution in [3.63, 3.8) is 0 Å². The van der Waals surface area contributed by atoms with E-state index in [1.54, 1.807) is 11.0 Å². The number of piperidine rings is 1. The standard InChI is InChI=1S/C17H23Cl2N3O3S/c18-14-4-5-15(19)16(12-14)26(24,25)22-10-8-21(9-11-22)17(23)13-20-6-2-1-3-7-20/h4-5,12H,1-3,6-11,13H2/p+1. The first-order valence-electron chi connectivity index (χ1n) is 8.94. The third kappa shape index (κ3) is 4.51. The van der Waals surface area contributed by atoms with Crippen molar-refractivity contribution in [2.45, 2.75) is 24.2 Å². The van der Waals surface area contributed by atoms with E-state index >= 15 is 0 Å². The summed E-state index contributed by atoms with van der Waals surface area (Å²) in [6, 6.07) is 4.41. The number of likely N-dealkylation sites (tertiary alicyclic amines) is 1. The number of rotatable bonds is 4. The van der Waals surface area contributed by atoms with E-state index in [-0.39, 0.29) is 28.9 Å². The first kappa shape index (κ1) is 19.9. The highest BCUT2D eigenvalue weighted by Crippen LogP contribution is 2.28. The van der Waals surface area contributed by atoms with Gasteiger partial charge in [-0.05, 0) is 37.5 Å². The Labute approximate surface area is 164 Å². The molecule has 2 saturated heterocycles. The zero-order valence-corrected chi connectivity index (χ0v) is 16.9. The molecule has 1 aromatic rings. The van der Waals surface area contributed by atoms with Gasteiger partial charge in [0.15, 0.2) is 6.54 Å². The molecule has 6 nitrogen and oxygen atoms in total. The lowest BCUT2D eigenvalue weighted by molar-refractivity contribution is -0.897. The van der Waals surface area contributed by atoms with Crippen molar-refractivity contribution >= 4 is 39.1 Å². The summed E-state index contributed by atoms with van der Waals surface area (Å²) in [6.07, 6.45) is 3.60. The summed E-state index contributed by atoms with van der Waals surface area (Å²) in [5.41, 5.74) is 0. The lowest BCUT2D eigenvalue weighted by atomic mass is 10.1. The van der Waals surface area contributed by atoms with Crippen LogP contribution in [0.2, 0.25) is 10.0 Å². The molecule has 3 rings (SSSR count). The molecule has 2 aliphatic heterocycles. The molecule has 26 heavy (non-hydrogen) atoms. The molecule has 0 unspecified atom stereocenters. The Kier molecular flexibility index (Phi) is 6.45. The number of hydrogen-bond donors (Lipinski definition) is 1. The maximum absolute atomic E-state index is 12.8. The van der Waals surface area contributed by atoms with Crippen molar-refractivity contribution in [3.8, 4) is 0 Å². The molecule has 2 aliphatic rings. The number of amides is 1. The summed E-state index contributed by atoms with van der Waals surface area (Å²) in [5, 5.41) is 0.480. The molecule has 2 heterocycles. The topological polar surface area (TPSA) is 62.1 Å². The van der Waals surface area contributed by atoms with Crippen LogP contribution in [0.4, 0.5) is 0 Å². The fraction of sp³-hybridized carbons (Fsp3) is 0.588. The van der Waals surface area contributed by atoms with Crippen molar-refractivity contribution < 1.29 is 18.1 Å². The summed E-state index contributed by atoms with van der Waals surface area (Å²) >= 11 is 12.0. The van der Waals surface area contributed by atoms with E-state index < -0.39 is 10.0 Å². The van der Waals surface area contributed by atoms with Crippen LogP contribution in [0.25, 0.3) is 0 Å². The molecule has 2 fully saturated rings. The quantitative estimate of drug-likeness (QED) is 0.786. The van der Waals surface area contributed by atoms with Crippen LogP contribution in [0.5, 0.6) is 0 Å². The van der Waals surface area contributed by atoms with E-state index in [0.717, 1.165) is 13.1 Å². The van der Waals surface area contributed by atoms with E-state index in [2.05, 4.69) is 0 Å². The molecule has 0 aliphatic carbocycles. The fourth-order valence-electron chi connectivity index (χ4n) is 3.55. The molecule has 1 N–H and O–H groups in total. The van der Waals surface area contributed by atoms with Crippen LogP contribution in [-0.2, 0) is 14.8 Å². The van der Waals surface area contributed by atoms with Crippen molar-refractivity contribution in [2.75, 3.05) is 45.8 Å². The highest BCUT2D eigenvalue weighted by Gasteiger charge is 2.32. The van der Waals surface area contributed by atoms with E-state index in [1.165, 1.54) is 40.6 Å². The second-order valence-corrected chi connectivity index (χ2v) is 9.60. The van der Waals surface area contributed by atoms with Crippen molar-refractivity contribution in [1.82, 2.24) is 9.21 Å². The van der Waals surface area contributed by atoms with Crippen molar-refractivity contribution in [1.29, 1.82) is 0 Å². The van der Waals surface area contributed by atoms with Gasteiger partial charge in [-0.1, -0.05) is 23.2 Å². The number of piperazine rings is 1. The fourth-order valence-corrected chi connectivity index (χ4v) is 5.71. The lowest BCUT2D eigenvalue weighted by Crippen LogP contribution is -3.13. The van der Waals surface area contributed by atoms with Crippen LogP contribution in [-0.4, -0.2) is 69.3 Å². The number of nitrogens with zero attached hydrogens (tertiary/aromatic N) is 2. The molecule has 144 valence electrons. The minimum absolute atomic E-state index is 0.0178. The lowest BCUT2D eigenvalue weighted by Gasteiger charge is -2.35. The minimum Gasteiger partial charge on any atom is -0.335 e. The van der Waals surface area contributed by atoms with Gasteiger partial charge in [0.1, 0.15) is 4.90 Å². The molecule has 0 spiro atoms.